The molecule has 0 spiro atoms. The second kappa shape index (κ2) is 6.60. The minimum Gasteiger partial charge on any atom is -0.419 e. The van der Waals surface area contributed by atoms with Crippen molar-refractivity contribution in [3.63, 3.8) is 0 Å². The lowest BCUT2D eigenvalue weighted by Crippen LogP contribution is -2.50. The third-order valence-electron chi connectivity index (χ3n) is 5.41. The summed E-state index contributed by atoms with van der Waals surface area (Å²) < 4.78 is 20.1. The van der Waals surface area contributed by atoms with Crippen LogP contribution in [0, 0.1) is 0 Å². The fourth-order valence-corrected chi connectivity index (χ4v) is 6.92. The van der Waals surface area contributed by atoms with E-state index in [-0.39, 0.29) is 11.7 Å². The number of guanidine groups is 1. The van der Waals surface area contributed by atoms with Crippen molar-refractivity contribution in [1.29, 1.82) is 0 Å². The number of nitrogens with zero attached hydrogens (tertiary/aromatic N) is 4. The smallest absolute Gasteiger partial charge is 0.264 e. The third kappa shape index (κ3) is 3.23. The van der Waals surface area contributed by atoms with E-state index >= 15 is 0 Å². The Labute approximate surface area is 183 Å². The fraction of sp³-hybridized carbons (Fsp3) is 0.368. The standard InChI is InChI=1S/C19H21ClN6O2S2/c1-19(9-30(3,27)26(2)18(21)23-19)15-11(20)8-14(29-15)12-6-7-13(22-12)17-25-24-16(28-17)10-4-5-10/h6-8,10,22H,3-5,9H2,1-2H3,(H2,21,23)/t19-,30?/m0/s1. The van der Waals surface area contributed by atoms with E-state index in [1.165, 1.54) is 15.6 Å². The summed E-state index contributed by atoms with van der Waals surface area (Å²) in [6, 6.07) is 5.73. The number of halogens is 1. The quantitative estimate of drug-likeness (QED) is 0.574. The molecule has 5 rings (SSSR count). The first-order valence-electron chi connectivity index (χ1n) is 9.43. The molecule has 4 heterocycles. The normalized spacial score (nSPS) is 26.8. The molecule has 0 amide bonds. The van der Waals surface area contributed by atoms with Gasteiger partial charge in [-0.1, -0.05) is 11.6 Å². The molecule has 0 bridgehead atoms. The van der Waals surface area contributed by atoms with Crippen molar-refractivity contribution < 1.29 is 8.63 Å². The Morgan fingerprint density at radius 3 is 2.83 bits per heavy atom. The molecule has 3 N–H and O–H groups in total. The second-order valence-electron chi connectivity index (χ2n) is 7.95. The van der Waals surface area contributed by atoms with Crippen molar-refractivity contribution in [3.8, 4) is 22.2 Å². The van der Waals surface area contributed by atoms with Crippen molar-refractivity contribution in [2.45, 2.75) is 31.2 Å². The van der Waals surface area contributed by atoms with Gasteiger partial charge in [0.25, 0.3) is 5.89 Å². The summed E-state index contributed by atoms with van der Waals surface area (Å²) >= 11 is 8.07. The van der Waals surface area contributed by atoms with Gasteiger partial charge in [-0.25, -0.2) is 9.20 Å². The van der Waals surface area contributed by atoms with E-state index in [0.717, 1.165) is 34.0 Å². The number of H-pyrrole nitrogens is 1. The zero-order valence-electron chi connectivity index (χ0n) is 16.5. The summed E-state index contributed by atoms with van der Waals surface area (Å²) in [7, 11) is -0.939. The number of thiophene rings is 1. The molecule has 1 fully saturated rings. The van der Waals surface area contributed by atoms with Crippen LogP contribution in [0.1, 0.15) is 36.5 Å². The molecule has 1 aliphatic heterocycles. The van der Waals surface area contributed by atoms with Gasteiger partial charge in [0.05, 0.1) is 35.9 Å². The highest BCUT2D eigenvalue weighted by molar-refractivity contribution is 7.98. The van der Waals surface area contributed by atoms with E-state index in [4.69, 9.17) is 21.8 Å². The van der Waals surface area contributed by atoms with Crippen LogP contribution in [0.3, 0.4) is 0 Å². The zero-order valence-corrected chi connectivity index (χ0v) is 18.9. The monoisotopic (exact) mass is 464 g/mol. The lowest BCUT2D eigenvalue weighted by molar-refractivity contribution is 0.507. The maximum Gasteiger partial charge on any atom is 0.264 e. The van der Waals surface area contributed by atoms with Crippen LogP contribution in [-0.2, 0) is 15.2 Å². The summed E-state index contributed by atoms with van der Waals surface area (Å²) in [4.78, 5) is 9.64. The summed E-state index contributed by atoms with van der Waals surface area (Å²) in [5.74, 6) is 5.87. The van der Waals surface area contributed by atoms with Crippen LogP contribution in [0.4, 0.5) is 0 Å². The largest absolute Gasteiger partial charge is 0.419 e. The average molecular weight is 465 g/mol. The maximum atomic E-state index is 12.9. The first kappa shape index (κ1) is 19.7. The van der Waals surface area contributed by atoms with Crippen molar-refractivity contribution >= 4 is 44.5 Å². The molecule has 1 saturated carbocycles. The molecule has 2 aliphatic rings. The number of rotatable bonds is 4. The zero-order chi connectivity index (χ0) is 21.3. The number of nitrogens with two attached hydrogens (primary N) is 1. The SMILES string of the molecule is C=S1(=O)C[C@@](C)(c2sc(-c3ccc(-c4nnc(C5CC5)o4)[nH]3)cc2Cl)N=C(N)N1C. The van der Waals surface area contributed by atoms with E-state index in [1.54, 1.807) is 7.05 Å². The molecule has 0 radical (unpaired) electrons. The van der Waals surface area contributed by atoms with Crippen LogP contribution in [0.2, 0.25) is 5.02 Å². The van der Waals surface area contributed by atoms with Gasteiger partial charge in [0, 0.05) is 13.0 Å². The fourth-order valence-electron chi connectivity index (χ4n) is 3.55. The van der Waals surface area contributed by atoms with Crippen molar-refractivity contribution in [2.24, 2.45) is 10.7 Å². The van der Waals surface area contributed by atoms with Gasteiger partial charge in [-0.15, -0.1) is 21.5 Å². The van der Waals surface area contributed by atoms with E-state index in [0.29, 0.717) is 22.7 Å². The predicted molar refractivity (Wildman–Crippen MR) is 121 cm³/mol. The van der Waals surface area contributed by atoms with Crippen LogP contribution >= 0.6 is 22.9 Å². The number of nitrogens with one attached hydrogen (secondary N) is 1. The molecule has 2 atom stereocenters. The van der Waals surface area contributed by atoms with Crippen molar-refractivity contribution in [3.05, 3.63) is 34.0 Å². The molecular formula is C19H21ClN6O2S2. The Morgan fingerprint density at radius 1 is 1.40 bits per heavy atom. The molecule has 30 heavy (non-hydrogen) atoms. The van der Waals surface area contributed by atoms with Crippen LogP contribution < -0.4 is 5.73 Å². The van der Waals surface area contributed by atoms with E-state index in [2.05, 4.69) is 26.0 Å². The molecule has 0 aromatic carbocycles. The predicted octanol–water partition coefficient (Wildman–Crippen LogP) is 3.43. The van der Waals surface area contributed by atoms with Crippen LogP contribution in [0.25, 0.3) is 22.2 Å². The van der Waals surface area contributed by atoms with Crippen molar-refractivity contribution in [2.75, 3.05) is 12.8 Å². The van der Waals surface area contributed by atoms with E-state index in [1.807, 2.05) is 25.1 Å². The van der Waals surface area contributed by atoms with Gasteiger partial charge >= 0.3 is 0 Å². The topological polar surface area (TPSA) is 113 Å². The first-order chi connectivity index (χ1) is 14.2. The maximum absolute atomic E-state index is 12.9. The summed E-state index contributed by atoms with van der Waals surface area (Å²) in [5, 5.41) is 8.83. The highest BCUT2D eigenvalue weighted by Gasteiger charge is 2.39. The molecule has 3 aromatic rings. The summed E-state index contributed by atoms with van der Waals surface area (Å²) in [6.45, 7) is 1.89. The lowest BCUT2D eigenvalue weighted by Gasteiger charge is -2.36. The first-order valence-corrected chi connectivity index (χ1v) is 12.5. The van der Waals surface area contributed by atoms with E-state index < -0.39 is 15.2 Å². The Kier molecular flexibility index (Phi) is 4.32. The number of hydrogen-bond acceptors (Lipinski definition) is 7. The average Bonchev–Trinajstić information content (AvgIpc) is 3.08. The van der Waals surface area contributed by atoms with Gasteiger partial charge in [0.15, 0.2) is 0 Å². The molecular weight excluding hydrogens is 444 g/mol. The minimum atomic E-state index is -2.58. The Hall–Kier alpha value is -2.30. The summed E-state index contributed by atoms with van der Waals surface area (Å²) in [5.41, 5.74) is 6.84. The van der Waals surface area contributed by atoms with Gasteiger partial charge in [-0.2, -0.15) is 0 Å². The third-order valence-corrected chi connectivity index (χ3v) is 9.44. The Balaban J connectivity index is 1.48. The van der Waals surface area contributed by atoms with Gasteiger partial charge in [-0.05, 0) is 43.8 Å². The number of aromatic amines is 1. The van der Waals surface area contributed by atoms with Gasteiger partial charge in [-0.3, -0.25) is 4.31 Å². The van der Waals surface area contributed by atoms with Crippen LogP contribution in [0.15, 0.2) is 27.6 Å². The van der Waals surface area contributed by atoms with Crippen LogP contribution in [-0.4, -0.2) is 48.3 Å². The molecule has 11 heteroatoms. The molecule has 158 valence electrons. The number of aliphatic imine (C=N–C) groups is 1. The van der Waals surface area contributed by atoms with E-state index in [9.17, 15) is 4.21 Å². The lowest BCUT2D eigenvalue weighted by atomic mass is 10.0. The van der Waals surface area contributed by atoms with Gasteiger partial charge in [0.1, 0.15) is 11.2 Å². The summed E-state index contributed by atoms with van der Waals surface area (Å²) in [6.07, 6.45) is 2.21. The molecule has 1 aliphatic carbocycles. The highest BCUT2D eigenvalue weighted by atomic mass is 35.5. The molecule has 0 saturated heterocycles. The van der Waals surface area contributed by atoms with Crippen LogP contribution in [0.5, 0.6) is 0 Å². The van der Waals surface area contributed by atoms with Crippen molar-refractivity contribution in [1.82, 2.24) is 19.5 Å². The number of aromatic nitrogens is 3. The second-order valence-corrected chi connectivity index (χ2v) is 11.8. The van der Waals surface area contributed by atoms with Gasteiger partial charge in [0.2, 0.25) is 11.9 Å². The highest BCUT2D eigenvalue weighted by Crippen LogP contribution is 2.44. The van der Waals surface area contributed by atoms with Gasteiger partial charge < -0.3 is 15.1 Å². The Bertz CT molecular complexity index is 1270. The molecule has 3 aromatic heterocycles. The minimum absolute atomic E-state index is 0.194. The molecule has 8 nitrogen and oxygen atoms in total. The number of hydrogen-bond donors (Lipinski definition) is 2. The molecule has 1 unspecified atom stereocenters. The Morgan fingerprint density at radius 2 is 2.13 bits per heavy atom.